The molecule has 0 radical (unpaired) electrons. The zero-order chi connectivity index (χ0) is 23.3. The predicted molar refractivity (Wildman–Crippen MR) is 119 cm³/mol. The van der Waals surface area contributed by atoms with Gasteiger partial charge in [-0.1, -0.05) is 0 Å². The first-order chi connectivity index (χ1) is 15.7. The summed E-state index contributed by atoms with van der Waals surface area (Å²) in [6.07, 6.45) is -1.90. The van der Waals surface area contributed by atoms with E-state index in [0.29, 0.717) is 32.1 Å². The first kappa shape index (κ1) is 21.8. The maximum absolute atomic E-state index is 14.7. The van der Waals surface area contributed by atoms with Gasteiger partial charge in [0.05, 0.1) is 47.1 Å². The number of alkyl halides is 2. The number of aliphatic hydroxyl groups excluding tert-OH is 1. The van der Waals surface area contributed by atoms with Gasteiger partial charge in [0.25, 0.3) is 5.92 Å². The lowest BCUT2D eigenvalue weighted by atomic mass is 9.91. The number of thiazole rings is 1. The van der Waals surface area contributed by atoms with E-state index in [-0.39, 0.29) is 12.2 Å². The summed E-state index contributed by atoms with van der Waals surface area (Å²) in [7, 11) is 1.52. The summed E-state index contributed by atoms with van der Waals surface area (Å²) in [5, 5.41) is 10.7. The Kier molecular flexibility index (Phi) is 5.37. The summed E-state index contributed by atoms with van der Waals surface area (Å²) in [6.45, 7) is 1.92. The molecule has 2 aromatic heterocycles. The number of aromatic nitrogens is 3. The molecule has 2 heterocycles. The molecule has 0 amide bonds. The molecule has 2 atom stereocenters. The van der Waals surface area contributed by atoms with Crippen LogP contribution in [0.15, 0.2) is 30.5 Å². The third kappa shape index (κ3) is 4.20. The quantitative estimate of drug-likeness (QED) is 0.432. The van der Waals surface area contributed by atoms with Gasteiger partial charge in [-0.15, -0.1) is 11.3 Å². The molecular formula is C23H20F3N3O3S. The van der Waals surface area contributed by atoms with Gasteiger partial charge in [-0.25, -0.2) is 28.1 Å². The van der Waals surface area contributed by atoms with Gasteiger partial charge in [-0.05, 0) is 31.0 Å². The van der Waals surface area contributed by atoms with Crippen molar-refractivity contribution in [2.24, 2.45) is 0 Å². The maximum Gasteiger partial charge on any atom is 0.251 e. The van der Waals surface area contributed by atoms with Crippen LogP contribution in [0.5, 0.6) is 11.6 Å². The van der Waals surface area contributed by atoms with Crippen LogP contribution in [-0.4, -0.2) is 45.3 Å². The molecule has 0 spiro atoms. The van der Waals surface area contributed by atoms with Crippen molar-refractivity contribution in [3.63, 3.8) is 0 Å². The third-order valence-electron chi connectivity index (χ3n) is 5.66. The Morgan fingerprint density at radius 1 is 1.15 bits per heavy atom. The van der Waals surface area contributed by atoms with Crippen LogP contribution in [0.25, 0.3) is 31.8 Å². The molecule has 1 aliphatic carbocycles. The summed E-state index contributed by atoms with van der Waals surface area (Å²) in [5.41, 5.74) is 3.37. The lowest BCUT2D eigenvalue weighted by Crippen LogP contribution is -2.43. The topological polar surface area (TPSA) is 77.4 Å². The highest BCUT2D eigenvalue weighted by molar-refractivity contribution is 7.21. The van der Waals surface area contributed by atoms with Gasteiger partial charge in [0.1, 0.15) is 11.1 Å². The second-order valence-electron chi connectivity index (χ2n) is 8.18. The van der Waals surface area contributed by atoms with Crippen molar-refractivity contribution in [3.8, 4) is 22.2 Å². The van der Waals surface area contributed by atoms with E-state index in [4.69, 9.17) is 9.47 Å². The van der Waals surface area contributed by atoms with Gasteiger partial charge in [-0.3, -0.25) is 0 Å². The standard InChI is InChI=1S/C23H20F3N3O3S/c1-11-5-12(21-15(6-11)28-20(31-2)10-27-21)22-29-14-7-13(24)17(8-19(14)33-22)32-18-9-23(25,26)4-3-16(18)30/h5-8,10,16,18,30H,3-4,9H2,1-2H3/t16-,18-/m0/s1. The molecule has 1 fully saturated rings. The zero-order valence-corrected chi connectivity index (χ0v) is 18.6. The van der Waals surface area contributed by atoms with E-state index >= 15 is 0 Å². The van der Waals surface area contributed by atoms with Crippen molar-refractivity contribution in [1.29, 1.82) is 0 Å². The highest BCUT2D eigenvalue weighted by atomic mass is 32.1. The molecule has 0 unspecified atom stereocenters. The van der Waals surface area contributed by atoms with Crippen LogP contribution in [-0.2, 0) is 0 Å². The number of benzene rings is 2. The monoisotopic (exact) mass is 475 g/mol. The minimum absolute atomic E-state index is 0.0987. The van der Waals surface area contributed by atoms with E-state index in [9.17, 15) is 18.3 Å². The van der Waals surface area contributed by atoms with E-state index in [1.54, 1.807) is 0 Å². The summed E-state index contributed by atoms with van der Waals surface area (Å²) in [4.78, 5) is 13.4. The lowest BCUT2D eigenvalue weighted by Gasteiger charge is -2.33. The smallest absolute Gasteiger partial charge is 0.251 e. The van der Waals surface area contributed by atoms with Crippen molar-refractivity contribution in [2.45, 2.75) is 44.3 Å². The fourth-order valence-electron chi connectivity index (χ4n) is 4.01. The fourth-order valence-corrected chi connectivity index (χ4v) is 5.00. The average molecular weight is 475 g/mol. The van der Waals surface area contributed by atoms with Crippen molar-refractivity contribution in [2.75, 3.05) is 7.11 Å². The van der Waals surface area contributed by atoms with Crippen molar-refractivity contribution in [3.05, 3.63) is 41.8 Å². The fraction of sp³-hybridized carbons (Fsp3) is 0.348. The van der Waals surface area contributed by atoms with Crippen molar-refractivity contribution in [1.82, 2.24) is 15.0 Å². The zero-order valence-electron chi connectivity index (χ0n) is 17.8. The number of nitrogens with zero attached hydrogens (tertiary/aromatic N) is 3. The van der Waals surface area contributed by atoms with Crippen LogP contribution in [0, 0.1) is 12.7 Å². The van der Waals surface area contributed by atoms with Gasteiger partial charge < -0.3 is 14.6 Å². The molecule has 1 N–H and O–H groups in total. The average Bonchev–Trinajstić information content (AvgIpc) is 3.17. The third-order valence-corrected chi connectivity index (χ3v) is 6.72. The number of hydrogen-bond donors (Lipinski definition) is 1. The minimum Gasteiger partial charge on any atom is -0.484 e. The van der Waals surface area contributed by atoms with Crippen LogP contribution < -0.4 is 9.47 Å². The molecule has 5 rings (SSSR count). The number of hydrogen-bond acceptors (Lipinski definition) is 7. The van der Waals surface area contributed by atoms with Gasteiger partial charge in [0, 0.05) is 24.1 Å². The molecule has 0 aliphatic heterocycles. The Morgan fingerprint density at radius 2 is 1.97 bits per heavy atom. The number of rotatable bonds is 4. The van der Waals surface area contributed by atoms with Gasteiger partial charge in [-0.2, -0.15) is 0 Å². The molecular weight excluding hydrogens is 455 g/mol. The minimum atomic E-state index is -2.95. The van der Waals surface area contributed by atoms with Crippen LogP contribution >= 0.6 is 11.3 Å². The molecule has 6 nitrogen and oxygen atoms in total. The van der Waals surface area contributed by atoms with Crippen molar-refractivity contribution < 1.29 is 27.8 Å². The van der Waals surface area contributed by atoms with Gasteiger partial charge in [0.15, 0.2) is 11.6 Å². The van der Waals surface area contributed by atoms with Crippen LogP contribution in [0.1, 0.15) is 24.8 Å². The Hall–Kier alpha value is -2.98. The van der Waals surface area contributed by atoms with E-state index in [1.165, 1.54) is 36.8 Å². The Morgan fingerprint density at radius 3 is 2.76 bits per heavy atom. The SMILES string of the molecule is COc1cnc2c(-c3nc4cc(F)c(O[C@H]5CC(F)(F)CC[C@@H]5O)cc4s3)cc(C)cc2n1. The Labute approximate surface area is 191 Å². The van der Waals surface area contributed by atoms with Crippen molar-refractivity contribution >= 4 is 32.6 Å². The van der Waals surface area contributed by atoms with Crippen LogP contribution in [0.4, 0.5) is 13.2 Å². The largest absolute Gasteiger partial charge is 0.484 e. The molecule has 1 saturated carbocycles. The van der Waals surface area contributed by atoms with E-state index in [1.807, 2.05) is 19.1 Å². The highest BCUT2D eigenvalue weighted by Gasteiger charge is 2.42. The predicted octanol–water partition coefficient (Wildman–Crippen LogP) is 5.29. The number of aryl methyl sites for hydroxylation is 1. The summed E-state index contributed by atoms with van der Waals surface area (Å²) >= 11 is 1.30. The van der Waals surface area contributed by atoms with E-state index in [0.717, 1.165) is 11.1 Å². The second-order valence-corrected chi connectivity index (χ2v) is 9.22. The number of methoxy groups -OCH3 is 1. The molecule has 33 heavy (non-hydrogen) atoms. The maximum atomic E-state index is 14.7. The summed E-state index contributed by atoms with van der Waals surface area (Å²) < 4.78 is 53.6. The number of aliphatic hydroxyl groups is 1. The van der Waals surface area contributed by atoms with E-state index < -0.39 is 36.8 Å². The highest BCUT2D eigenvalue weighted by Crippen LogP contribution is 2.39. The second kappa shape index (κ2) is 8.11. The molecule has 4 aromatic rings. The first-order valence-electron chi connectivity index (χ1n) is 10.4. The summed E-state index contributed by atoms with van der Waals surface area (Å²) in [5.74, 6) is -3.46. The lowest BCUT2D eigenvalue weighted by molar-refractivity contribution is -0.114. The molecule has 172 valence electrons. The van der Waals surface area contributed by atoms with Crippen LogP contribution in [0.3, 0.4) is 0 Å². The molecule has 0 saturated heterocycles. The summed E-state index contributed by atoms with van der Waals surface area (Å²) in [6, 6.07) is 6.47. The number of halogens is 3. The molecule has 0 bridgehead atoms. The number of ether oxygens (including phenoxy) is 2. The number of fused-ring (bicyclic) bond motifs is 2. The molecule has 10 heteroatoms. The van der Waals surface area contributed by atoms with E-state index in [2.05, 4.69) is 15.0 Å². The Balaban J connectivity index is 1.54. The van der Waals surface area contributed by atoms with Gasteiger partial charge >= 0.3 is 0 Å². The van der Waals surface area contributed by atoms with Crippen LogP contribution in [0.2, 0.25) is 0 Å². The molecule has 2 aromatic carbocycles. The first-order valence-corrected chi connectivity index (χ1v) is 11.2. The Bertz CT molecular complexity index is 1360. The normalized spacial score (nSPS) is 20.3. The van der Waals surface area contributed by atoms with Gasteiger partial charge in [0.2, 0.25) is 5.88 Å². The molecule has 1 aliphatic rings.